The largest absolute Gasteiger partial charge is 0.481 e. The highest BCUT2D eigenvalue weighted by Gasteiger charge is 2.49. The van der Waals surface area contributed by atoms with E-state index in [1.54, 1.807) is 0 Å². The molecule has 7 heteroatoms. The molecule has 0 radical (unpaired) electrons. The zero-order valence-electron chi connectivity index (χ0n) is 19.7. The molecule has 0 heterocycles. The number of unbranched alkanes of at least 4 members (excludes halogenated alkanes) is 1. The minimum absolute atomic E-state index is 0.00775. The van der Waals surface area contributed by atoms with E-state index in [0.29, 0.717) is 44.1 Å². The molecule has 2 saturated carbocycles. The lowest BCUT2D eigenvalue weighted by Gasteiger charge is -2.40. The zero-order valence-corrected chi connectivity index (χ0v) is 19.7. The first-order valence-corrected chi connectivity index (χ1v) is 12.6. The van der Waals surface area contributed by atoms with Crippen LogP contribution in [0.25, 0.3) is 11.1 Å². The van der Waals surface area contributed by atoms with Crippen molar-refractivity contribution in [3.8, 4) is 11.1 Å². The van der Waals surface area contributed by atoms with Crippen molar-refractivity contribution in [2.45, 2.75) is 50.5 Å². The van der Waals surface area contributed by atoms with Gasteiger partial charge < -0.3 is 20.5 Å². The van der Waals surface area contributed by atoms with Gasteiger partial charge in [-0.25, -0.2) is 4.79 Å². The number of carbonyl (C=O) groups is 3. The summed E-state index contributed by atoms with van der Waals surface area (Å²) in [4.78, 5) is 35.7. The molecule has 184 valence electrons. The third-order valence-corrected chi connectivity index (χ3v) is 7.96. The fourth-order valence-electron chi connectivity index (χ4n) is 6.12. The summed E-state index contributed by atoms with van der Waals surface area (Å²) >= 11 is 0. The van der Waals surface area contributed by atoms with E-state index in [1.807, 2.05) is 24.3 Å². The predicted octanol–water partition coefficient (Wildman–Crippen LogP) is 4.31. The molecule has 2 aromatic rings. The molecule has 3 N–H and O–H groups in total. The van der Waals surface area contributed by atoms with Crippen molar-refractivity contribution in [1.29, 1.82) is 0 Å². The lowest BCUT2D eigenvalue weighted by molar-refractivity contribution is -0.141. The number of nitrogens with one attached hydrogen (secondary N) is 2. The minimum atomic E-state index is -0.714. The zero-order chi connectivity index (χ0) is 24.4. The molecule has 2 fully saturated rings. The number of hydrogen-bond acceptors (Lipinski definition) is 4. The van der Waals surface area contributed by atoms with Crippen LogP contribution < -0.4 is 10.6 Å². The predicted molar refractivity (Wildman–Crippen MR) is 131 cm³/mol. The number of carboxylic acids is 1. The van der Waals surface area contributed by atoms with Crippen LogP contribution >= 0.6 is 0 Å². The molecule has 2 amide bonds. The molecule has 0 saturated heterocycles. The number of alkyl carbamates (subject to hydrolysis) is 1. The molecular weight excluding hydrogens is 444 g/mol. The highest BCUT2D eigenvalue weighted by Crippen LogP contribution is 2.49. The summed E-state index contributed by atoms with van der Waals surface area (Å²) in [5.41, 5.74) is 4.76. The number of fused-ring (bicyclic) bond motifs is 4. The normalized spacial score (nSPS) is 24.0. The van der Waals surface area contributed by atoms with Gasteiger partial charge in [0.2, 0.25) is 5.91 Å². The Kier molecular flexibility index (Phi) is 6.75. The SMILES string of the molecule is O=C(CCCCNC(=O)OCC1c2ccccc2-c2ccccc21)N[C@H]1C[C@H]2CC(C(=O)O)C[C@H]21. The van der Waals surface area contributed by atoms with Gasteiger partial charge in [0, 0.05) is 24.9 Å². The van der Waals surface area contributed by atoms with Crippen LogP contribution in [0, 0.1) is 17.8 Å². The minimum Gasteiger partial charge on any atom is -0.481 e. The summed E-state index contributed by atoms with van der Waals surface area (Å²) in [6.45, 7) is 0.743. The second kappa shape index (κ2) is 10.1. The number of carbonyl (C=O) groups excluding carboxylic acids is 2. The summed E-state index contributed by atoms with van der Waals surface area (Å²) in [5.74, 6) is -0.163. The van der Waals surface area contributed by atoms with Gasteiger partial charge in [0.15, 0.2) is 0 Å². The quantitative estimate of drug-likeness (QED) is 0.468. The third-order valence-electron chi connectivity index (χ3n) is 7.96. The summed E-state index contributed by atoms with van der Waals surface area (Å²) in [5, 5.41) is 15.1. The van der Waals surface area contributed by atoms with E-state index < -0.39 is 12.1 Å². The highest BCUT2D eigenvalue weighted by atomic mass is 16.5. The van der Waals surface area contributed by atoms with Crippen molar-refractivity contribution in [3.05, 3.63) is 59.7 Å². The second-order valence-electron chi connectivity index (χ2n) is 10.0. The number of rotatable bonds is 9. The number of hydrogen-bond donors (Lipinski definition) is 3. The van der Waals surface area contributed by atoms with E-state index in [-0.39, 0.29) is 30.4 Å². The van der Waals surface area contributed by atoms with Crippen LogP contribution in [0.5, 0.6) is 0 Å². The van der Waals surface area contributed by atoms with Gasteiger partial charge in [0.1, 0.15) is 6.61 Å². The van der Waals surface area contributed by atoms with E-state index in [2.05, 4.69) is 34.9 Å². The van der Waals surface area contributed by atoms with Gasteiger partial charge in [-0.05, 0) is 66.2 Å². The Morgan fingerprint density at radius 2 is 1.60 bits per heavy atom. The Bertz CT molecular complexity index is 1070. The van der Waals surface area contributed by atoms with Gasteiger partial charge in [-0.3, -0.25) is 9.59 Å². The summed E-state index contributed by atoms with van der Waals surface area (Å²) < 4.78 is 5.54. The molecule has 3 aliphatic rings. The molecule has 5 rings (SSSR count). The highest BCUT2D eigenvalue weighted by molar-refractivity contribution is 5.79. The molecule has 7 nitrogen and oxygen atoms in total. The maximum absolute atomic E-state index is 12.3. The van der Waals surface area contributed by atoms with Gasteiger partial charge in [0.25, 0.3) is 0 Å². The van der Waals surface area contributed by atoms with Crippen molar-refractivity contribution in [2.24, 2.45) is 17.8 Å². The fraction of sp³-hybridized carbons (Fsp3) is 0.464. The lowest BCUT2D eigenvalue weighted by Crippen LogP contribution is -2.50. The van der Waals surface area contributed by atoms with Crippen molar-refractivity contribution in [1.82, 2.24) is 10.6 Å². The van der Waals surface area contributed by atoms with Crippen molar-refractivity contribution in [3.63, 3.8) is 0 Å². The molecule has 2 aromatic carbocycles. The van der Waals surface area contributed by atoms with E-state index in [4.69, 9.17) is 4.74 Å². The van der Waals surface area contributed by atoms with Gasteiger partial charge in [0.05, 0.1) is 5.92 Å². The fourth-order valence-corrected chi connectivity index (χ4v) is 6.12. The maximum Gasteiger partial charge on any atom is 0.407 e. The van der Waals surface area contributed by atoms with E-state index in [0.717, 1.165) is 12.8 Å². The molecule has 0 aromatic heterocycles. The van der Waals surface area contributed by atoms with Crippen LogP contribution in [-0.4, -0.2) is 42.3 Å². The molecular formula is C28H32N2O5. The van der Waals surface area contributed by atoms with E-state index in [1.165, 1.54) is 22.3 Å². The number of ether oxygens (including phenoxy) is 1. The number of aliphatic carboxylic acids is 1. The van der Waals surface area contributed by atoms with Crippen molar-refractivity contribution in [2.75, 3.05) is 13.2 Å². The topological polar surface area (TPSA) is 105 Å². The molecule has 4 atom stereocenters. The Balaban J connectivity index is 0.983. The van der Waals surface area contributed by atoms with Gasteiger partial charge in [-0.2, -0.15) is 0 Å². The first kappa shape index (κ1) is 23.4. The summed E-state index contributed by atoms with van der Waals surface area (Å²) in [6, 6.07) is 16.6. The average molecular weight is 477 g/mol. The van der Waals surface area contributed by atoms with Crippen molar-refractivity contribution >= 4 is 18.0 Å². The Morgan fingerprint density at radius 1 is 0.914 bits per heavy atom. The van der Waals surface area contributed by atoms with Crippen LogP contribution in [0.1, 0.15) is 55.6 Å². The summed E-state index contributed by atoms with van der Waals surface area (Å²) in [6.07, 6.45) is 3.64. The molecule has 1 unspecified atom stereocenters. The first-order chi connectivity index (χ1) is 17.0. The number of carboxylic acid groups (broad SMARTS) is 1. The smallest absolute Gasteiger partial charge is 0.407 e. The first-order valence-electron chi connectivity index (χ1n) is 12.6. The molecule has 35 heavy (non-hydrogen) atoms. The van der Waals surface area contributed by atoms with E-state index >= 15 is 0 Å². The van der Waals surface area contributed by atoms with Gasteiger partial charge in [-0.15, -0.1) is 0 Å². The molecule has 3 aliphatic carbocycles. The van der Waals surface area contributed by atoms with Crippen molar-refractivity contribution < 1.29 is 24.2 Å². The Morgan fingerprint density at radius 3 is 2.29 bits per heavy atom. The third kappa shape index (κ3) is 4.90. The molecule has 0 spiro atoms. The summed E-state index contributed by atoms with van der Waals surface area (Å²) in [7, 11) is 0. The van der Waals surface area contributed by atoms with Crippen LogP contribution in [-0.2, 0) is 14.3 Å². The second-order valence-corrected chi connectivity index (χ2v) is 10.0. The molecule has 0 bridgehead atoms. The molecule has 0 aliphatic heterocycles. The Hall–Kier alpha value is -3.35. The maximum atomic E-state index is 12.3. The van der Waals surface area contributed by atoms with Gasteiger partial charge in [-0.1, -0.05) is 48.5 Å². The van der Waals surface area contributed by atoms with Crippen LogP contribution in [0.3, 0.4) is 0 Å². The number of benzene rings is 2. The average Bonchev–Trinajstić information content (AvgIpc) is 3.36. The monoisotopic (exact) mass is 476 g/mol. The standard InChI is InChI=1S/C28H32N2O5/c31-26(30-25-15-17-13-18(27(32)33)14-23(17)25)11-5-6-12-29-28(34)35-16-24-21-9-3-1-7-19(21)20-8-2-4-10-22(20)24/h1-4,7-10,17-18,23-25H,5-6,11-16H2,(H,29,34)(H,30,31)(H,32,33)/t17-,18?,23-,25+/m1/s1. The Labute approximate surface area is 205 Å². The van der Waals surface area contributed by atoms with Crippen LogP contribution in [0.15, 0.2) is 48.5 Å². The number of amides is 2. The van der Waals surface area contributed by atoms with Crippen LogP contribution in [0.2, 0.25) is 0 Å². The van der Waals surface area contributed by atoms with E-state index in [9.17, 15) is 19.5 Å². The van der Waals surface area contributed by atoms with Crippen LogP contribution in [0.4, 0.5) is 4.79 Å². The lowest BCUT2D eigenvalue weighted by atomic mass is 9.71. The van der Waals surface area contributed by atoms with Gasteiger partial charge >= 0.3 is 12.1 Å².